The highest BCUT2D eigenvalue weighted by Gasteiger charge is 2.24. The molecular formula is C23H28ClN3O5S2. The molecule has 2 aromatic carbocycles. The van der Waals surface area contributed by atoms with Gasteiger partial charge in [0.05, 0.1) is 36.3 Å². The number of fused-ring (bicyclic) bond motifs is 1. The molecule has 0 radical (unpaired) electrons. The molecule has 0 aliphatic carbocycles. The molecule has 1 saturated heterocycles. The summed E-state index contributed by atoms with van der Waals surface area (Å²) < 4.78 is 35.8. The number of morpholine rings is 1. The van der Waals surface area contributed by atoms with Crippen LogP contribution in [-0.4, -0.2) is 77.0 Å². The molecule has 0 N–H and O–H groups in total. The van der Waals surface area contributed by atoms with Crippen molar-refractivity contribution in [2.75, 3.05) is 57.7 Å². The average molecular weight is 526 g/mol. The maximum Gasteiger partial charge on any atom is 0.233 e. The summed E-state index contributed by atoms with van der Waals surface area (Å²) in [4.78, 5) is 22.1. The summed E-state index contributed by atoms with van der Waals surface area (Å²) in [6.45, 7) is 4.14. The average Bonchev–Trinajstić information content (AvgIpc) is 3.23. The number of hydrogen-bond acceptors (Lipinski definition) is 8. The van der Waals surface area contributed by atoms with Gasteiger partial charge in [0.15, 0.2) is 15.0 Å². The number of anilines is 1. The second-order valence-corrected chi connectivity index (χ2v) is 10.9. The fourth-order valence-corrected chi connectivity index (χ4v) is 5.67. The Morgan fingerprint density at radius 1 is 1.18 bits per heavy atom. The van der Waals surface area contributed by atoms with Gasteiger partial charge in [0, 0.05) is 32.4 Å². The summed E-state index contributed by atoms with van der Waals surface area (Å²) in [5, 5.41) is 0.507. The van der Waals surface area contributed by atoms with Gasteiger partial charge in [-0.1, -0.05) is 29.5 Å². The molecule has 1 aromatic heterocycles. The van der Waals surface area contributed by atoms with Crippen molar-refractivity contribution >= 4 is 54.8 Å². The Labute approximate surface area is 209 Å². The number of carbonyl (C=O) groups excluding carboxylic acids is 1. The molecule has 8 nitrogen and oxygen atoms in total. The van der Waals surface area contributed by atoms with E-state index in [9.17, 15) is 13.2 Å². The number of hydrogen-bond donors (Lipinski definition) is 0. The Hall–Kier alpha value is -2.24. The van der Waals surface area contributed by atoms with Crippen molar-refractivity contribution in [1.82, 2.24) is 9.88 Å². The van der Waals surface area contributed by atoms with E-state index in [0.717, 1.165) is 29.1 Å². The van der Waals surface area contributed by atoms with E-state index in [4.69, 9.17) is 9.47 Å². The van der Waals surface area contributed by atoms with Crippen LogP contribution in [0.3, 0.4) is 0 Å². The lowest BCUT2D eigenvalue weighted by Crippen LogP contribution is -2.43. The molecule has 0 spiro atoms. The quantitative estimate of drug-likeness (QED) is 0.446. The number of amides is 1. The van der Waals surface area contributed by atoms with Crippen molar-refractivity contribution < 1.29 is 22.7 Å². The number of aromatic nitrogens is 1. The fraction of sp³-hybridized carbons (Fsp3) is 0.391. The van der Waals surface area contributed by atoms with Crippen LogP contribution < -0.4 is 9.64 Å². The van der Waals surface area contributed by atoms with Gasteiger partial charge in [0.1, 0.15) is 11.3 Å². The van der Waals surface area contributed by atoms with Crippen LogP contribution in [0.5, 0.6) is 5.75 Å². The second kappa shape index (κ2) is 11.5. The number of carbonyl (C=O) groups is 1. The molecule has 11 heteroatoms. The van der Waals surface area contributed by atoms with Gasteiger partial charge in [-0.15, -0.1) is 12.4 Å². The van der Waals surface area contributed by atoms with Crippen LogP contribution in [0.15, 0.2) is 47.4 Å². The third-order valence-electron chi connectivity index (χ3n) is 5.56. The van der Waals surface area contributed by atoms with Crippen molar-refractivity contribution in [3.63, 3.8) is 0 Å². The Balaban J connectivity index is 0.00000324. The molecular weight excluding hydrogens is 498 g/mol. The lowest BCUT2D eigenvalue weighted by Gasteiger charge is -2.29. The highest BCUT2D eigenvalue weighted by Crippen LogP contribution is 2.33. The number of halogens is 1. The molecule has 3 aromatic rings. The molecule has 1 fully saturated rings. The van der Waals surface area contributed by atoms with Crippen LogP contribution >= 0.6 is 23.7 Å². The van der Waals surface area contributed by atoms with Gasteiger partial charge in [0.2, 0.25) is 5.91 Å². The van der Waals surface area contributed by atoms with Crippen molar-refractivity contribution in [1.29, 1.82) is 0 Å². The van der Waals surface area contributed by atoms with Crippen LogP contribution in [0.25, 0.3) is 10.2 Å². The third kappa shape index (κ3) is 6.25. The maximum atomic E-state index is 13.4. The van der Waals surface area contributed by atoms with Crippen molar-refractivity contribution in [3.05, 3.63) is 48.0 Å². The zero-order valence-electron chi connectivity index (χ0n) is 19.1. The van der Waals surface area contributed by atoms with Crippen molar-refractivity contribution in [3.8, 4) is 5.75 Å². The summed E-state index contributed by atoms with van der Waals surface area (Å²) >= 11 is 1.33. The Morgan fingerprint density at radius 2 is 1.88 bits per heavy atom. The van der Waals surface area contributed by atoms with E-state index in [1.54, 1.807) is 24.1 Å². The van der Waals surface area contributed by atoms with Crippen molar-refractivity contribution in [2.24, 2.45) is 0 Å². The van der Waals surface area contributed by atoms with Gasteiger partial charge in [-0.3, -0.25) is 14.6 Å². The molecule has 0 saturated carbocycles. The topological polar surface area (TPSA) is 89.0 Å². The predicted octanol–water partition coefficient (Wildman–Crippen LogP) is 3.04. The largest absolute Gasteiger partial charge is 0.497 e. The highest BCUT2D eigenvalue weighted by atomic mass is 35.5. The van der Waals surface area contributed by atoms with Crippen LogP contribution in [0, 0.1) is 0 Å². The molecule has 1 aliphatic rings. The SMILES string of the molecule is COc1ccc(CC(=O)N(CCN2CCOCC2)c2nc3c(S(C)(=O)=O)cccc3s2)cc1.Cl. The Kier molecular flexibility index (Phi) is 8.89. The van der Waals surface area contributed by atoms with Gasteiger partial charge < -0.3 is 9.47 Å². The summed E-state index contributed by atoms with van der Waals surface area (Å²) in [5.41, 5.74) is 1.28. The van der Waals surface area contributed by atoms with Crippen LogP contribution in [0.1, 0.15) is 5.56 Å². The molecule has 34 heavy (non-hydrogen) atoms. The van der Waals surface area contributed by atoms with E-state index >= 15 is 0 Å². The zero-order valence-corrected chi connectivity index (χ0v) is 21.5. The number of thiazole rings is 1. The molecule has 0 unspecified atom stereocenters. The zero-order chi connectivity index (χ0) is 23.4. The Bertz CT molecular complexity index is 1230. The van der Waals surface area contributed by atoms with Gasteiger partial charge in [-0.2, -0.15) is 0 Å². The lowest BCUT2D eigenvalue weighted by atomic mass is 10.1. The third-order valence-corrected chi connectivity index (χ3v) is 7.73. The van der Waals surface area contributed by atoms with E-state index in [-0.39, 0.29) is 29.6 Å². The minimum Gasteiger partial charge on any atom is -0.497 e. The summed E-state index contributed by atoms with van der Waals surface area (Å²) in [7, 11) is -1.84. The number of para-hydroxylation sites is 1. The summed E-state index contributed by atoms with van der Waals surface area (Å²) in [6, 6.07) is 12.5. The number of benzene rings is 2. The number of methoxy groups -OCH3 is 1. The van der Waals surface area contributed by atoms with E-state index in [1.165, 1.54) is 17.6 Å². The maximum absolute atomic E-state index is 13.4. The second-order valence-electron chi connectivity index (χ2n) is 7.90. The molecule has 0 bridgehead atoms. The van der Waals surface area contributed by atoms with Crippen LogP contribution in [0.2, 0.25) is 0 Å². The smallest absolute Gasteiger partial charge is 0.233 e. The first-order chi connectivity index (χ1) is 15.8. The van der Waals surface area contributed by atoms with Crippen LogP contribution in [0.4, 0.5) is 5.13 Å². The number of rotatable bonds is 8. The van der Waals surface area contributed by atoms with Crippen LogP contribution in [-0.2, 0) is 25.8 Å². The number of nitrogens with zero attached hydrogens (tertiary/aromatic N) is 3. The highest BCUT2D eigenvalue weighted by molar-refractivity contribution is 7.91. The number of ether oxygens (including phenoxy) is 2. The van der Waals surface area contributed by atoms with E-state index in [1.807, 2.05) is 30.3 Å². The normalized spacial score (nSPS) is 14.5. The van der Waals surface area contributed by atoms with Gasteiger partial charge >= 0.3 is 0 Å². The standard InChI is InChI=1S/C23H27N3O5S2.ClH/c1-30-18-8-6-17(7-9-18)16-21(27)26(11-10-25-12-14-31-15-13-25)23-24-22-19(32-23)4-3-5-20(22)33(2,28)29;/h3-9H,10-16H2,1-2H3;1H. The first kappa shape index (κ1) is 26.4. The summed E-state index contributed by atoms with van der Waals surface area (Å²) in [5.74, 6) is 0.642. The molecule has 1 amide bonds. The van der Waals surface area contributed by atoms with Gasteiger partial charge in [-0.05, 0) is 29.8 Å². The van der Waals surface area contributed by atoms with E-state index in [0.29, 0.717) is 37.0 Å². The Morgan fingerprint density at radius 3 is 2.53 bits per heavy atom. The predicted molar refractivity (Wildman–Crippen MR) is 136 cm³/mol. The van der Waals surface area contributed by atoms with Gasteiger partial charge in [-0.25, -0.2) is 13.4 Å². The molecule has 0 atom stereocenters. The minimum atomic E-state index is -3.44. The minimum absolute atomic E-state index is 0. The molecule has 2 heterocycles. The molecule has 1 aliphatic heterocycles. The van der Waals surface area contributed by atoms with E-state index in [2.05, 4.69) is 9.88 Å². The van der Waals surface area contributed by atoms with Crippen molar-refractivity contribution in [2.45, 2.75) is 11.3 Å². The summed E-state index contributed by atoms with van der Waals surface area (Å²) in [6.07, 6.45) is 1.38. The first-order valence-corrected chi connectivity index (χ1v) is 13.4. The first-order valence-electron chi connectivity index (χ1n) is 10.7. The molecule has 184 valence electrons. The molecule has 4 rings (SSSR count). The monoisotopic (exact) mass is 525 g/mol. The lowest BCUT2D eigenvalue weighted by molar-refractivity contribution is -0.118. The number of sulfone groups is 1. The van der Waals surface area contributed by atoms with Gasteiger partial charge in [0.25, 0.3) is 0 Å². The fourth-order valence-electron chi connectivity index (χ4n) is 3.73. The van der Waals surface area contributed by atoms with E-state index < -0.39 is 9.84 Å².